The molecule has 1 saturated heterocycles. The van der Waals surface area contributed by atoms with E-state index in [2.05, 4.69) is 29.7 Å². The Morgan fingerprint density at radius 3 is 2.16 bits per heavy atom. The molecule has 3 heterocycles. The number of nitrogens with zero attached hydrogens (tertiary/aromatic N) is 5. The normalized spacial score (nSPS) is 16.1. The molecular formula is C25H24Cl4N6OS. The van der Waals surface area contributed by atoms with E-state index < -0.39 is 6.10 Å². The fourth-order valence-electron chi connectivity index (χ4n) is 4.59. The summed E-state index contributed by atoms with van der Waals surface area (Å²) in [5, 5.41) is 13.9. The Balaban J connectivity index is 1.24. The number of benzene rings is 2. The summed E-state index contributed by atoms with van der Waals surface area (Å²) >= 11 is 27.1. The number of aromatic nitrogens is 4. The molecule has 1 atom stereocenters. The summed E-state index contributed by atoms with van der Waals surface area (Å²) < 4.78 is 0. The van der Waals surface area contributed by atoms with E-state index in [1.807, 2.05) is 24.3 Å². The molecule has 0 amide bonds. The standard InChI is InChI=1S/C25H24Cl4N6OS/c26-15-1-3-18(20(28)9-15)23(19-4-2-16(27)10-21(19)29)35-7-5-34(6-8-35)11-17(36)12-37-25-22-24(31-13-30-22)32-14-33-25/h1-4,9-10,13-14,17,23,36H,5-8,11-12H2,(H,30,31,32,33). The molecule has 4 aromatic rings. The number of piperazine rings is 1. The molecule has 1 aliphatic rings. The molecule has 12 heteroatoms. The summed E-state index contributed by atoms with van der Waals surface area (Å²) in [6.07, 6.45) is 2.59. The van der Waals surface area contributed by atoms with Crippen LogP contribution in [0.1, 0.15) is 17.2 Å². The summed E-state index contributed by atoms with van der Waals surface area (Å²) in [5.41, 5.74) is 3.30. The van der Waals surface area contributed by atoms with E-state index in [1.54, 1.807) is 18.5 Å². The highest BCUT2D eigenvalue weighted by Crippen LogP contribution is 2.39. The lowest BCUT2D eigenvalue weighted by atomic mass is 9.96. The van der Waals surface area contributed by atoms with Crippen molar-refractivity contribution in [2.45, 2.75) is 17.2 Å². The molecule has 0 radical (unpaired) electrons. The molecule has 1 unspecified atom stereocenters. The molecule has 2 N–H and O–H groups in total. The van der Waals surface area contributed by atoms with Crippen molar-refractivity contribution in [1.82, 2.24) is 29.7 Å². The molecule has 0 spiro atoms. The Kier molecular flexibility index (Phi) is 8.78. The van der Waals surface area contributed by atoms with Gasteiger partial charge in [0, 0.05) is 58.6 Å². The van der Waals surface area contributed by atoms with Crippen molar-refractivity contribution in [3.05, 3.63) is 80.3 Å². The van der Waals surface area contributed by atoms with Gasteiger partial charge in [-0.1, -0.05) is 58.5 Å². The second-order valence-corrected chi connectivity index (χ2v) is 11.5. The van der Waals surface area contributed by atoms with Gasteiger partial charge in [-0.25, -0.2) is 15.0 Å². The van der Waals surface area contributed by atoms with Gasteiger partial charge in [-0.2, -0.15) is 0 Å². The molecule has 5 rings (SSSR count). The number of aliphatic hydroxyl groups is 1. The minimum absolute atomic E-state index is 0.147. The fourth-order valence-corrected chi connectivity index (χ4v) is 6.49. The molecular weight excluding hydrogens is 574 g/mol. The quantitative estimate of drug-likeness (QED) is 0.195. The average Bonchev–Trinajstić information content (AvgIpc) is 3.36. The monoisotopic (exact) mass is 596 g/mol. The minimum atomic E-state index is -0.503. The topological polar surface area (TPSA) is 81.2 Å². The van der Waals surface area contributed by atoms with Crippen LogP contribution in [0.5, 0.6) is 0 Å². The molecule has 194 valence electrons. The maximum Gasteiger partial charge on any atom is 0.181 e. The van der Waals surface area contributed by atoms with Crippen molar-refractivity contribution in [3.63, 3.8) is 0 Å². The van der Waals surface area contributed by atoms with E-state index >= 15 is 0 Å². The second-order valence-electron chi connectivity index (χ2n) is 8.82. The van der Waals surface area contributed by atoms with Crippen LogP contribution in [-0.2, 0) is 0 Å². The molecule has 2 aromatic carbocycles. The van der Waals surface area contributed by atoms with Crippen LogP contribution in [0, 0.1) is 0 Å². The lowest BCUT2D eigenvalue weighted by Crippen LogP contribution is -2.50. The van der Waals surface area contributed by atoms with E-state index in [9.17, 15) is 5.11 Å². The number of nitrogens with one attached hydrogen (secondary N) is 1. The Bertz CT molecular complexity index is 1330. The van der Waals surface area contributed by atoms with Crippen LogP contribution >= 0.6 is 58.2 Å². The van der Waals surface area contributed by atoms with Gasteiger partial charge in [0.1, 0.15) is 16.9 Å². The Hall–Kier alpha value is -1.62. The van der Waals surface area contributed by atoms with Gasteiger partial charge in [-0.15, -0.1) is 11.8 Å². The number of rotatable bonds is 8. The van der Waals surface area contributed by atoms with Gasteiger partial charge < -0.3 is 10.1 Å². The molecule has 1 aliphatic heterocycles. The van der Waals surface area contributed by atoms with E-state index in [0.29, 0.717) is 38.0 Å². The first kappa shape index (κ1) is 27.0. The SMILES string of the molecule is OC(CSc1ncnc2nc[nH]c12)CN1CCN(C(c2ccc(Cl)cc2Cl)c2ccc(Cl)cc2Cl)CC1. The van der Waals surface area contributed by atoms with Gasteiger partial charge in [-0.3, -0.25) is 9.80 Å². The molecule has 2 aromatic heterocycles. The van der Waals surface area contributed by atoms with E-state index in [4.69, 9.17) is 46.4 Å². The van der Waals surface area contributed by atoms with Crippen molar-refractivity contribution in [1.29, 1.82) is 0 Å². The third-order valence-corrected chi connectivity index (χ3v) is 8.62. The fraction of sp³-hybridized carbons (Fsp3) is 0.320. The number of H-pyrrole nitrogens is 1. The Morgan fingerprint density at radius 1 is 0.892 bits per heavy atom. The number of hydrogen-bond donors (Lipinski definition) is 2. The zero-order chi connectivity index (χ0) is 25.9. The highest BCUT2D eigenvalue weighted by Gasteiger charge is 2.30. The average molecular weight is 598 g/mol. The smallest absolute Gasteiger partial charge is 0.181 e. The van der Waals surface area contributed by atoms with Gasteiger partial charge in [-0.05, 0) is 35.4 Å². The number of halogens is 4. The van der Waals surface area contributed by atoms with Crippen molar-refractivity contribution in [2.24, 2.45) is 0 Å². The molecule has 37 heavy (non-hydrogen) atoms. The maximum absolute atomic E-state index is 10.7. The number of thioether (sulfide) groups is 1. The number of imidazole rings is 1. The van der Waals surface area contributed by atoms with Gasteiger partial charge in [0.2, 0.25) is 0 Å². The zero-order valence-electron chi connectivity index (χ0n) is 19.6. The Labute approximate surface area is 239 Å². The maximum atomic E-state index is 10.7. The highest BCUT2D eigenvalue weighted by molar-refractivity contribution is 7.99. The van der Waals surface area contributed by atoms with Crippen LogP contribution in [-0.4, -0.2) is 79.4 Å². The lowest BCUT2D eigenvalue weighted by molar-refractivity contribution is 0.0708. The third-order valence-electron chi connectivity index (χ3n) is 6.36. The highest BCUT2D eigenvalue weighted by atomic mass is 35.5. The molecule has 0 bridgehead atoms. The van der Waals surface area contributed by atoms with Crippen molar-refractivity contribution in [3.8, 4) is 0 Å². The van der Waals surface area contributed by atoms with Crippen LogP contribution in [0.15, 0.2) is 54.1 Å². The van der Waals surface area contributed by atoms with Crippen molar-refractivity contribution < 1.29 is 5.11 Å². The van der Waals surface area contributed by atoms with E-state index in [0.717, 1.165) is 47.8 Å². The molecule has 7 nitrogen and oxygen atoms in total. The van der Waals surface area contributed by atoms with Gasteiger partial charge >= 0.3 is 0 Å². The Morgan fingerprint density at radius 2 is 1.54 bits per heavy atom. The first-order valence-corrected chi connectivity index (χ1v) is 14.2. The van der Waals surface area contributed by atoms with Crippen LogP contribution in [0.2, 0.25) is 20.1 Å². The van der Waals surface area contributed by atoms with Gasteiger partial charge in [0.25, 0.3) is 0 Å². The summed E-state index contributed by atoms with van der Waals surface area (Å²) in [4.78, 5) is 20.3. The van der Waals surface area contributed by atoms with Crippen LogP contribution in [0.25, 0.3) is 11.2 Å². The molecule has 0 aliphatic carbocycles. The van der Waals surface area contributed by atoms with Gasteiger partial charge in [0.15, 0.2) is 5.65 Å². The van der Waals surface area contributed by atoms with Crippen LogP contribution < -0.4 is 0 Å². The predicted molar refractivity (Wildman–Crippen MR) is 151 cm³/mol. The number of aliphatic hydroxyl groups excluding tert-OH is 1. The third kappa shape index (κ3) is 6.34. The molecule has 1 fully saturated rings. The first-order chi connectivity index (χ1) is 17.9. The first-order valence-electron chi connectivity index (χ1n) is 11.7. The lowest BCUT2D eigenvalue weighted by Gasteiger charge is -2.40. The number of aromatic amines is 1. The van der Waals surface area contributed by atoms with E-state index in [1.165, 1.54) is 18.1 Å². The number of hydrogen-bond acceptors (Lipinski definition) is 7. The van der Waals surface area contributed by atoms with Crippen molar-refractivity contribution >= 4 is 69.3 Å². The summed E-state index contributed by atoms with van der Waals surface area (Å²) in [5.74, 6) is 0.523. The summed E-state index contributed by atoms with van der Waals surface area (Å²) in [6, 6.07) is 11.0. The summed E-state index contributed by atoms with van der Waals surface area (Å²) in [7, 11) is 0. The predicted octanol–water partition coefficient (Wildman–Crippen LogP) is 5.83. The van der Waals surface area contributed by atoms with Crippen LogP contribution in [0.4, 0.5) is 0 Å². The number of fused-ring (bicyclic) bond motifs is 1. The van der Waals surface area contributed by atoms with Crippen molar-refractivity contribution in [2.75, 3.05) is 38.5 Å². The van der Waals surface area contributed by atoms with Crippen LogP contribution in [0.3, 0.4) is 0 Å². The molecule has 0 saturated carbocycles. The largest absolute Gasteiger partial charge is 0.391 e. The number of β-amino-alcohol motifs (C(OH)–C–C–N with tert-alkyl or cyclic N) is 1. The second kappa shape index (κ2) is 12.1. The zero-order valence-corrected chi connectivity index (χ0v) is 23.5. The minimum Gasteiger partial charge on any atom is -0.391 e. The summed E-state index contributed by atoms with van der Waals surface area (Å²) in [6.45, 7) is 3.73. The van der Waals surface area contributed by atoms with Gasteiger partial charge in [0.05, 0.1) is 18.5 Å². The van der Waals surface area contributed by atoms with E-state index in [-0.39, 0.29) is 6.04 Å².